The summed E-state index contributed by atoms with van der Waals surface area (Å²) in [7, 11) is 1.62. The molecular weight excluding hydrogens is 365 g/mol. The molecule has 6 heteroatoms. The summed E-state index contributed by atoms with van der Waals surface area (Å²) in [5, 5.41) is 2.75. The number of nitrogens with one attached hydrogen (secondary N) is 1. The van der Waals surface area contributed by atoms with Crippen LogP contribution in [-0.4, -0.2) is 26.2 Å². The van der Waals surface area contributed by atoms with E-state index >= 15 is 0 Å². The molecule has 4 nitrogen and oxygen atoms in total. The fraction of sp³-hybridized carbons (Fsp3) is 0.235. The molecular formula is C17H17BrFNO3. The number of methoxy groups -OCH3 is 1. The Morgan fingerprint density at radius 3 is 2.57 bits per heavy atom. The molecule has 0 radical (unpaired) electrons. The summed E-state index contributed by atoms with van der Waals surface area (Å²) >= 11 is 3.17. The highest BCUT2D eigenvalue weighted by molar-refractivity contribution is 9.10. The van der Waals surface area contributed by atoms with Gasteiger partial charge in [-0.25, -0.2) is 4.39 Å². The van der Waals surface area contributed by atoms with Gasteiger partial charge in [0.1, 0.15) is 18.2 Å². The number of carbonyl (C=O) groups excluding carboxylic acids is 1. The van der Waals surface area contributed by atoms with E-state index in [1.807, 2.05) is 24.3 Å². The number of carbonyl (C=O) groups is 1. The highest BCUT2D eigenvalue weighted by Crippen LogP contribution is 2.15. The fourth-order valence-corrected chi connectivity index (χ4v) is 2.38. The first-order valence-electron chi connectivity index (χ1n) is 7.03. The molecule has 0 aromatic heterocycles. The second-order valence-electron chi connectivity index (χ2n) is 4.83. The Morgan fingerprint density at radius 2 is 1.91 bits per heavy atom. The zero-order valence-electron chi connectivity index (χ0n) is 12.6. The van der Waals surface area contributed by atoms with E-state index in [1.54, 1.807) is 13.2 Å². The Morgan fingerprint density at radius 1 is 1.17 bits per heavy atom. The summed E-state index contributed by atoms with van der Waals surface area (Å²) in [5.74, 6) is -0.0427. The lowest BCUT2D eigenvalue weighted by Crippen LogP contribution is -2.22. The largest absolute Gasteiger partial charge is 0.491 e. The average Bonchev–Trinajstić information content (AvgIpc) is 2.53. The Bertz CT molecular complexity index is 641. The van der Waals surface area contributed by atoms with E-state index in [9.17, 15) is 9.18 Å². The predicted octanol–water partition coefficient (Wildman–Crippen LogP) is 3.54. The average molecular weight is 382 g/mol. The topological polar surface area (TPSA) is 47.6 Å². The Hall–Kier alpha value is -1.92. The van der Waals surface area contributed by atoms with Gasteiger partial charge in [0, 0.05) is 23.7 Å². The van der Waals surface area contributed by atoms with Gasteiger partial charge in [-0.05, 0) is 35.9 Å². The molecule has 0 fully saturated rings. The normalized spacial score (nSPS) is 10.4. The molecule has 0 aliphatic heterocycles. The van der Waals surface area contributed by atoms with Crippen molar-refractivity contribution in [2.24, 2.45) is 0 Å². The molecule has 0 atom stereocenters. The van der Waals surface area contributed by atoms with Crippen molar-refractivity contribution in [3.05, 3.63) is 63.9 Å². The van der Waals surface area contributed by atoms with Crippen LogP contribution in [0.25, 0.3) is 0 Å². The molecule has 122 valence electrons. The van der Waals surface area contributed by atoms with Crippen molar-refractivity contribution in [3.8, 4) is 5.75 Å². The summed E-state index contributed by atoms with van der Waals surface area (Å²) in [6.45, 7) is 1.37. The lowest BCUT2D eigenvalue weighted by Gasteiger charge is -2.08. The van der Waals surface area contributed by atoms with E-state index in [0.717, 1.165) is 11.3 Å². The minimum Gasteiger partial charge on any atom is -0.491 e. The standard InChI is InChI=1S/C17H17BrFNO3/c1-22-6-7-23-16-4-2-12(3-5-16)11-20-17(21)13-8-14(18)10-15(19)9-13/h2-5,8-10H,6-7,11H2,1H3,(H,20,21). The molecule has 0 aliphatic rings. The molecule has 0 bridgehead atoms. The van der Waals surface area contributed by atoms with E-state index in [1.165, 1.54) is 12.1 Å². The minimum absolute atomic E-state index is 0.274. The number of hydrogen-bond acceptors (Lipinski definition) is 3. The van der Waals surface area contributed by atoms with E-state index in [-0.39, 0.29) is 11.5 Å². The maximum absolute atomic E-state index is 13.3. The maximum atomic E-state index is 13.3. The van der Waals surface area contributed by atoms with E-state index < -0.39 is 5.82 Å². The Balaban J connectivity index is 1.88. The zero-order chi connectivity index (χ0) is 16.7. The number of ether oxygens (including phenoxy) is 2. The van der Waals surface area contributed by atoms with Crippen LogP contribution >= 0.6 is 15.9 Å². The van der Waals surface area contributed by atoms with Crippen LogP contribution in [0.4, 0.5) is 4.39 Å². The van der Waals surface area contributed by atoms with Gasteiger partial charge in [-0.2, -0.15) is 0 Å². The van der Waals surface area contributed by atoms with E-state index in [2.05, 4.69) is 21.2 Å². The summed E-state index contributed by atoms with van der Waals surface area (Å²) in [6, 6.07) is 11.5. The lowest BCUT2D eigenvalue weighted by atomic mass is 10.2. The van der Waals surface area contributed by atoms with Gasteiger partial charge in [-0.1, -0.05) is 28.1 Å². The highest BCUT2D eigenvalue weighted by Gasteiger charge is 2.08. The Labute approximate surface area is 142 Å². The molecule has 2 aromatic rings. The first-order chi connectivity index (χ1) is 11.1. The van der Waals surface area contributed by atoms with Crippen LogP contribution in [0.5, 0.6) is 5.75 Å². The van der Waals surface area contributed by atoms with Gasteiger partial charge in [0.15, 0.2) is 0 Å². The molecule has 0 unspecified atom stereocenters. The number of benzene rings is 2. The van der Waals surface area contributed by atoms with Crippen molar-refractivity contribution in [2.75, 3.05) is 20.3 Å². The van der Waals surface area contributed by atoms with Gasteiger partial charge in [0.2, 0.25) is 0 Å². The quantitative estimate of drug-likeness (QED) is 0.746. The number of rotatable bonds is 7. The van der Waals surface area contributed by atoms with Gasteiger partial charge in [0.25, 0.3) is 5.91 Å². The van der Waals surface area contributed by atoms with Crippen LogP contribution in [0.2, 0.25) is 0 Å². The summed E-state index contributed by atoms with van der Waals surface area (Å²) in [5.41, 5.74) is 1.20. The molecule has 0 heterocycles. The van der Waals surface area contributed by atoms with Crippen molar-refractivity contribution >= 4 is 21.8 Å². The second-order valence-corrected chi connectivity index (χ2v) is 5.74. The molecule has 0 spiro atoms. The summed E-state index contributed by atoms with van der Waals surface area (Å²) in [4.78, 5) is 12.0. The first-order valence-corrected chi connectivity index (χ1v) is 7.83. The lowest BCUT2D eigenvalue weighted by molar-refractivity contribution is 0.0950. The van der Waals surface area contributed by atoms with Crippen LogP contribution in [0, 0.1) is 5.82 Å². The van der Waals surface area contributed by atoms with Crippen molar-refractivity contribution in [1.82, 2.24) is 5.32 Å². The highest BCUT2D eigenvalue weighted by atomic mass is 79.9. The summed E-state index contributed by atoms with van der Waals surface area (Å²) in [6.07, 6.45) is 0. The number of hydrogen-bond donors (Lipinski definition) is 1. The predicted molar refractivity (Wildman–Crippen MR) is 89.1 cm³/mol. The van der Waals surface area contributed by atoms with Crippen LogP contribution < -0.4 is 10.1 Å². The van der Waals surface area contributed by atoms with Gasteiger partial charge in [-0.3, -0.25) is 4.79 Å². The van der Waals surface area contributed by atoms with Gasteiger partial charge >= 0.3 is 0 Å². The van der Waals surface area contributed by atoms with E-state index in [0.29, 0.717) is 24.2 Å². The first kappa shape index (κ1) is 17.4. The molecule has 1 amide bonds. The smallest absolute Gasteiger partial charge is 0.251 e. The van der Waals surface area contributed by atoms with Crippen LogP contribution in [-0.2, 0) is 11.3 Å². The van der Waals surface area contributed by atoms with Crippen LogP contribution in [0.3, 0.4) is 0 Å². The number of amides is 1. The maximum Gasteiger partial charge on any atom is 0.251 e. The molecule has 0 saturated carbocycles. The third-order valence-corrected chi connectivity index (χ3v) is 3.52. The summed E-state index contributed by atoms with van der Waals surface area (Å²) < 4.78 is 24.2. The van der Waals surface area contributed by atoms with Gasteiger partial charge in [0.05, 0.1) is 6.61 Å². The second kappa shape index (κ2) is 8.64. The number of halogens is 2. The molecule has 1 N–H and O–H groups in total. The zero-order valence-corrected chi connectivity index (χ0v) is 14.2. The van der Waals surface area contributed by atoms with E-state index in [4.69, 9.17) is 9.47 Å². The monoisotopic (exact) mass is 381 g/mol. The van der Waals surface area contributed by atoms with Crippen LogP contribution in [0.1, 0.15) is 15.9 Å². The minimum atomic E-state index is -0.456. The third kappa shape index (κ3) is 5.65. The van der Waals surface area contributed by atoms with Crippen molar-refractivity contribution in [1.29, 1.82) is 0 Å². The van der Waals surface area contributed by atoms with Crippen molar-refractivity contribution in [3.63, 3.8) is 0 Å². The van der Waals surface area contributed by atoms with Crippen LogP contribution in [0.15, 0.2) is 46.9 Å². The molecule has 23 heavy (non-hydrogen) atoms. The SMILES string of the molecule is COCCOc1ccc(CNC(=O)c2cc(F)cc(Br)c2)cc1. The van der Waals surface area contributed by atoms with Gasteiger partial charge in [-0.15, -0.1) is 0 Å². The van der Waals surface area contributed by atoms with Crippen molar-refractivity contribution in [2.45, 2.75) is 6.54 Å². The Kier molecular flexibility index (Phi) is 6.55. The molecule has 2 rings (SSSR count). The van der Waals surface area contributed by atoms with Gasteiger partial charge < -0.3 is 14.8 Å². The molecule has 0 aliphatic carbocycles. The molecule has 2 aromatic carbocycles. The fourth-order valence-electron chi connectivity index (χ4n) is 1.92. The third-order valence-electron chi connectivity index (χ3n) is 3.06. The van der Waals surface area contributed by atoms with Crippen molar-refractivity contribution < 1.29 is 18.7 Å². The molecule has 0 saturated heterocycles.